The number of furan rings is 1. The molecule has 3 heterocycles. The number of aromatic nitrogens is 3. The molecule has 0 saturated carbocycles. The molecule has 0 spiro atoms. The Morgan fingerprint density at radius 3 is 2.22 bits per heavy atom. The minimum absolute atomic E-state index is 0.0766. The first-order valence-electron chi connectivity index (χ1n) is 14.0. The minimum Gasteiger partial charge on any atom is -0.437 e. The van der Waals surface area contributed by atoms with Gasteiger partial charge in [-0.05, 0) is 40.5 Å². The van der Waals surface area contributed by atoms with Gasteiger partial charge in [0.2, 0.25) is 5.71 Å². The van der Waals surface area contributed by atoms with E-state index in [9.17, 15) is 0 Å². The molecule has 41 heavy (non-hydrogen) atoms. The predicted octanol–water partition coefficient (Wildman–Crippen LogP) is 9.45. The van der Waals surface area contributed by atoms with E-state index in [0.717, 1.165) is 38.8 Å². The van der Waals surface area contributed by atoms with Gasteiger partial charge in [0.05, 0.1) is 16.4 Å². The third-order valence-electron chi connectivity index (χ3n) is 8.85. The molecular formula is C37H25N3O. The molecule has 1 aliphatic carbocycles. The zero-order valence-electron chi connectivity index (χ0n) is 22.7. The van der Waals surface area contributed by atoms with Crippen LogP contribution in [0.15, 0.2) is 120 Å². The summed E-state index contributed by atoms with van der Waals surface area (Å²) in [6.45, 7) is 4.67. The molecule has 0 radical (unpaired) electrons. The molecule has 0 N–H and O–H groups in total. The highest BCUT2D eigenvalue weighted by molar-refractivity contribution is 6.19. The standard InChI is InChI=1S/C37H25N3O/c1-37(2)26-17-9-6-14-23(26)31-27(37)20-21-29-32(31)24-15-7-10-18-28(24)40(29)35-33-25-16-8-11-19-30(25)41-36(33)39-34(38-35)22-12-4-3-5-13-22/h3-21H,1-2H3. The molecule has 1 aliphatic rings. The van der Waals surface area contributed by atoms with E-state index in [0.29, 0.717) is 11.5 Å². The van der Waals surface area contributed by atoms with Gasteiger partial charge in [0.25, 0.3) is 0 Å². The highest BCUT2D eigenvalue weighted by Crippen LogP contribution is 2.53. The molecule has 0 saturated heterocycles. The van der Waals surface area contributed by atoms with Crippen LogP contribution in [0.3, 0.4) is 0 Å². The SMILES string of the molecule is CC1(C)c2ccccc2-c2c1ccc1c2c2ccccc2n1-c1nc(-c2ccccc2)nc2oc3ccccc3c12. The van der Waals surface area contributed by atoms with Crippen molar-refractivity contribution in [3.63, 3.8) is 0 Å². The zero-order chi connectivity index (χ0) is 27.3. The normalized spacial score (nSPS) is 13.8. The van der Waals surface area contributed by atoms with Gasteiger partial charge in [0.1, 0.15) is 5.58 Å². The van der Waals surface area contributed by atoms with Crippen molar-refractivity contribution in [2.24, 2.45) is 0 Å². The topological polar surface area (TPSA) is 43.9 Å². The highest BCUT2D eigenvalue weighted by atomic mass is 16.3. The summed E-state index contributed by atoms with van der Waals surface area (Å²) < 4.78 is 8.68. The lowest BCUT2D eigenvalue weighted by Gasteiger charge is -2.21. The van der Waals surface area contributed by atoms with E-state index in [1.807, 2.05) is 48.5 Å². The lowest BCUT2D eigenvalue weighted by Crippen LogP contribution is -2.14. The number of hydrogen-bond acceptors (Lipinski definition) is 3. The molecule has 4 heteroatoms. The van der Waals surface area contributed by atoms with Crippen LogP contribution in [0.5, 0.6) is 0 Å². The summed E-state index contributed by atoms with van der Waals surface area (Å²) in [4.78, 5) is 10.2. The summed E-state index contributed by atoms with van der Waals surface area (Å²) in [5.41, 5.74) is 9.88. The van der Waals surface area contributed by atoms with Crippen molar-refractivity contribution >= 4 is 43.9 Å². The fraction of sp³-hybridized carbons (Fsp3) is 0.0811. The number of hydrogen-bond donors (Lipinski definition) is 0. The molecule has 0 amide bonds. The molecular weight excluding hydrogens is 502 g/mol. The average molecular weight is 528 g/mol. The first kappa shape index (κ1) is 22.6. The van der Waals surface area contributed by atoms with Crippen LogP contribution in [0, 0.1) is 0 Å². The smallest absolute Gasteiger partial charge is 0.233 e. The van der Waals surface area contributed by atoms with Crippen molar-refractivity contribution in [2.45, 2.75) is 19.3 Å². The Kier molecular flexibility index (Phi) is 4.36. The Labute approximate surface area is 236 Å². The van der Waals surface area contributed by atoms with E-state index in [-0.39, 0.29) is 5.41 Å². The van der Waals surface area contributed by atoms with Gasteiger partial charge in [-0.1, -0.05) is 111 Å². The summed E-state index contributed by atoms with van der Waals surface area (Å²) in [5, 5.41) is 4.41. The van der Waals surface area contributed by atoms with E-state index < -0.39 is 0 Å². The monoisotopic (exact) mass is 527 g/mol. The first-order valence-corrected chi connectivity index (χ1v) is 14.0. The minimum atomic E-state index is -0.0766. The molecule has 0 atom stereocenters. The van der Waals surface area contributed by atoms with Gasteiger partial charge >= 0.3 is 0 Å². The predicted molar refractivity (Wildman–Crippen MR) is 167 cm³/mol. The zero-order valence-corrected chi connectivity index (χ0v) is 22.7. The maximum absolute atomic E-state index is 6.36. The van der Waals surface area contributed by atoms with Gasteiger partial charge in [-0.2, -0.15) is 4.98 Å². The second-order valence-electron chi connectivity index (χ2n) is 11.4. The maximum Gasteiger partial charge on any atom is 0.233 e. The molecule has 0 bridgehead atoms. The Bertz CT molecular complexity index is 2340. The Morgan fingerprint density at radius 1 is 0.610 bits per heavy atom. The molecule has 4 nitrogen and oxygen atoms in total. The molecule has 3 aromatic heterocycles. The van der Waals surface area contributed by atoms with Crippen molar-refractivity contribution in [1.29, 1.82) is 0 Å². The van der Waals surface area contributed by atoms with E-state index in [4.69, 9.17) is 14.4 Å². The van der Waals surface area contributed by atoms with Crippen LogP contribution in [0.25, 0.3) is 72.2 Å². The van der Waals surface area contributed by atoms with Crippen molar-refractivity contribution in [3.8, 4) is 28.3 Å². The molecule has 0 unspecified atom stereocenters. The van der Waals surface area contributed by atoms with Gasteiger partial charge < -0.3 is 4.42 Å². The quantitative estimate of drug-likeness (QED) is 0.225. The maximum atomic E-state index is 6.36. The summed E-state index contributed by atoms with van der Waals surface area (Å²) in [6, 6.07) is 40.4. The fourth-order valence-corrected chi connectivity index (χ4v) is 6.96. The number of benzene rings is 5. The molecule has 194 valence electrons. The van der Waals surface area contributed by atoms with E-state index in [2.05, 4.69) is 85.1 Å². The summed E-state index contributed by atoms with van der Waals surface area (Å²) in [7, 11) is 0. The molecule has 0 fully saturated rings. The summed E-state index contributed by atoms with van der Waals surface area (Å²) in [6.07, 6.45) is 0. The molecule has 5 aromatic carbocycles. The van der Waals surface area contributed by atoms with Crippen LogP contribution in [0.1, 0.15) is 25.0 Å². The number of nitrogens with zero attached hydrogens (tertiary/aromatic N) is 3. The van der Waals surface area contributed by atoms with E-state index >= 15 is 0 Å². The van der Waals surface area contributed by atoms with Gasteiger partial charge in [-0.3, -0.25) is 4.57 Å². The van der Waals surface area contributed by atoms with Crippen LogP contribution < -0.4 is 0 Å². The summed E-state index contributed by atoms with van der Waals surface area (Å²) >= 11 is 0. The van der Waals surface area contributed by atoms with Crippen LogP contribution in [0.4, 0.5) is 0 Å². The second kappa shape index (κ2) is 7.92. The van der Waals surface area contributed by atoms with Crippen molar-refractivity contribution < 1.29 is 4.42 Å². The van der Waals surface area contributed by atoms with Gasteiger partial charge in [-0.25, -0.2) is 4.98 Å². The van der Waals surface area contributed by atoms with Crippen LogP contribution in [0.2, 0.25) is 0 Å². The number of para-hydroxylation sites is 2. The number of rotatable bonds is 2. The van der Waals surface area contributed by atoms with Gasteiger partial charge in [0.15, 0.2) is 11.6 Å². The fourth-order valence-electron chi connectivity index (χ4n) is 6.96. The molecule has 8 aromatic rings. The van der Waals surface area contributed by atoms with Gasteiger partial charge in [-0.15, -0.1) is 0 Å². The lowest BCUT2D eigenvalue weighted by atomic mass is 9.82. The van der Waals surface area contributed by atoms with Crippen LogP contribution in [-0.4, -0.2) is 14.5 Å². The first-order chi connectivity index (χ1) is 20.1. The average Bonchev–Trinajstić information content (AvgIpc) is 3.63. The van der Waals surface area contributed by atoms with Gasteiger partial charge in [0, 0.05) is 27.1 Å². The third kappa shape index (κ3) is 2.94. The van der Waals surface area contributed by atoms with Crippen molar-refractivity contribution in [1.82, 2.24) is 14.5 Å². The molecule has 9 rings (SSSR count). The van der Waals surface area contributed by atoms with E-state index in [1.54, 1.807) is 0 Å². The Hall–Kier alpha value is -5.22. The Balaban J connectivity index is 1.48. The van der Waals surface area contributed by atoms with E-state index in [1.165, 1.54) is 33.0 Å². The largest absolute Gasteiger partial charge is 0.437 e. The second-order valence-corrected chi connectivity index (χ2v) is 11.4. The lowest BCUT2D eigenvalue weighted by molar-refractivity contribution is 0.653. The number of fused-ring (bicyclic) bond motifs is 10. The third-order valence-corrected chi connectivity index (χ3v) is 8.85. The molecule has 0 aliphatic heterocycles. The highest BCUT2D eigenvalue weighted by Gasteiger charge is 2.37. The van der Waals surface area contributed by atoms with Crippen LogP contribution >= 0.6 is 0 Å². The Morgan fingerprint density at radius 2 is 1.34 bits per heavy atom. The van der Waals surface area contributed by atoms with Crippen LogP contribution in [-0.2, 0) is 5.41 Å². The van der Waals surface area contributed by atoms with Crippen molar-refractivity contribution in [2.75, 3.05) is 0 Å². The van der Waals surface area contributed by atoms with Crippen molar-refractivity contribution in [3.05, 3.63) is 126 Å². The summed E-state index contributed by atoms with van der Waals surface area (Å²) in [5.74, 6) is 1.47.